The second kappa shape index (κ2) is 5.82. The van der Waals surface area contributed by atoms with E-state index in [1.54, 1.807) is 0 Å². The molecule has 0 saturated carbocycles. The molecule has 0 amide bonds. The van der Waals surface area contributed by atoms with Crippen LogP contribution in [0.15, 0.2) is 42.5 Å². The van der Waals surface area contributed by atoms with Crippen molar-refractivity contribution in [2.75, 3.05) is 7.11 Å². The number of rotatable bonds is 4. The van der Waals surface area contributed by atoms with Crippen LogP contribution in [0.3, 0.4) is 0 Å². The van der Waals surface area contributed by atoms with E-state index in [0.717, 1.165) is 0 Å². The lowest BCUT2D eigenvalue weighted by Crippen LogP contribution is -2.48. The standard InChI is InChI=1S/C14H20O2Si/c1-5-9-13(14(15)16-2)17(3,4)12-10-7-6-8-11-12/h5-11,13H,1-4H3/b9-5+/t13-/m1/s1. The molecular formula is C14H20O2Si. The molecule has 0 bridgehead atoms. The van der Waals surface area contributed by atoms with E-state index in [2.05, 4.69) is 25.2 Å². The van der Waals surface area contributed by atoms with Crippen LogP contribution in [0.25, 0.3) is 0 Å². The maximum Gasteiger partial charge on any atom is 0.310 e. The Kier molecular flexibility index (Phi) is 4.69. The lowest BCUT2D eigenvalue weighted by molar-refractivity contribution is -0.139. The molecule has 0 fully saturated rings. The van der Waals surface area contributed by atoms with Crippen molar-refractivity contribution in [3.8, 4) is 0 Å². The maximum absolute atomic E-state index is 11.9. The topological polar surface area (TPSA) is 26.3 Å². The van der Waals surface area contributed by atoms with E-state index in [9.17, 15) is 4.79 Å². The largest absolute Gasteiger partial charge is 0.469 e. The number of methoxy groups -OCH3 is 1. The van der Waals surface area contributed by atoms with Gasteiger partial charge in [0.1, 0.15) is 8.07 Å². The van der Waals surface area contributed by atoms with Crippen molar-refractivity contribution in [3.05, 3.63) is 42.5 Å². The second-order valence-electron chi connectivity index (χ2n) is 4.61. The van der Waals surface area contributed by atoms with Gasteiger partial charge in [0.15, 0.2) is 0 Å². The number of carbonyl (C=O) groups is 1. The van der Waals surface area contributed by atoms with E-state index >= 15 is 0 Å². The van der Waals surface area contributed by atoms with Crippen molar-refractivity contribution in [3.63, 3.8) is 0 Å². The molecule has 1 rings (SSSR count). The first-order valence-electron chi connectivity index (χ1n) is 5.80. The third-order valence-corrected chi connectivity index (χ3v) is 6.94. The zero-order chi connectivity index (χ0) is 12.9. The normalized spacial score (nSPS) is 13.6. The number of esters is 1. The molecule has 0 aliphatic rings. The fourth-order valence-electron chi connectivity index (χ4n) is 1.98. The first kappa shape index (κ1) is 13.7. The van der Waals surface area contributed by atoms with E-state index in [-0.39, 0.29) is 11.5 Å². The van der Waals surface area contributed by atoms with Crippen molar-refractivity contribution >= 4 is 19.2 Å². The van der Waals surface area contributed by atoms with E-state index < -0.39 is 8.07 Å². The molecule has 0 unspecified atom stereocenters. The fraction of sp³-hybridized carbons (Fsp3) is 0.357. The summed E-state index contributed by atoms with van der Waals surface area (Å²) in [4.78, 5) is 11.9. The van der Waals surface area contributed by atoms with Crippen molar-refractivity contribution < 1.29 is 9.53 Å². The minimum atomic E-state index is -1.88. The van der Waals surface area contributed by atoms with Gasteiger partial charge in [0.05, 0.1) is 12.7 Å². The van der Waals surface area contributed by atoms with Gasteiger partial charge in [0, 0.05) is 0 Å². The Balaban J connectivity index is 3.12. The average Bonchev–Trinajstić information content (AvgIpc) is 2.36. The second-order valence-corrected chi connectivity index (χ2v) is 9.26. The summed E-state index contributed by atoms with van der Waals surface area (Å²) in [6.45, 7) is 6.33. The summed E-state index contributed by atoms with van der Waals surface area (Å²) >= 11 is 0. The molecular weight excluding hydrogens is 228 g/mol. The molecule has 17 heavy (non-hydrogen) atoms. The monoisotopic (exact) mass is 248 g/mol. The van der Waals surface area contributed by atoms with Crippen LogP contribution in [0.5, 0.6) is 0 Å². The lowest BCUT2D eigenvalue weighted by atomic mass is 10.3. The summed E-state index contributed by atoms with van der Waals surface area (Å²) in [5.41, 5.74) is -0.125. The third-order valence-electron chi connectivity index (χ3n) is 3.14. The smallest absolute Gasteiger partial charge is 0.310 e. The van der Waals surface area contributed by atoms with E-state index in [1.807, 2.05) is 37.3 Å². The molecule has 0 aliphatic heterocycles. The molecule has 0 heterocycles. The fourth-order valence-corrected chi connectivity index (χ4v) is 4.77. The van der Waals surface area contributed by atoms with Gasteiger partial charge in [0.25, 0.3) is 0 Å². The molecule has 92 valence electrons. The Morgan fingerprint density at radius 1 is 1.29 bits per heavy atom. The molecule has 1 aromatic carbocycles. The van der Waals surface area contributed by atoms with Gasteiger partial charge < -0.3 is 4.74 Å². The van der Waals surface area contributed by atoms with Crippen molar-refractivity contribution in [2.24, 2.45) is 0 Å². The van der Waals surface area contributed by atoms with E-state index in [0.29, 0.717) is 0 Å². The van der Waals surface area contributed by atoms with Gasteiger partial charge in [-0.3, -0.25) is 4.79 Å². The first-order chi connectivity index (χ1) is 8.04. The van der Waals surface area contributed by atoms with Crippen LogP contribution in [-0.4, -0.2) is 21.2 Å². The minimum absolute atomic E-state index is 0.125. The molecule has 0 spiro atoms. The summed E-state index contributed by atoms with van der Waals surface area (Å²) in [5.74, 6) is -0.136. The van der Waals surface area contributed by atoms with Gasteiger partial charge >= 0.3 is 5.97 Å². The highest BCUT2D eigenvalue weighted by Crippen LogP contribution is 2.24. The van der Waals surface area contributed by atoms with Crippen LogP contribution in [-0.2, 0) is 9.53 Å². The highest BCUT2D eigenvalue weighted by Gasteiger charge is 2.37. The summed E-state index contributed by atoms with van der Waals surface area (Å²) < 4.78 is 4.92. The quantitative estimate of drug-likeness (QED) is 0.465. The summed E-state index contributed by atoms with van der Waals surface area (Å²) in [7, 11) is -0.423. The Bertz CT molecular complexity index is 396. The van der Waals surface area contributed by atoms with Crippen molar-refractivity contribution in [1.82, 2.24) is 0 Å². The van der Waals surface area contributed by atoms with Gasteiger partial charge in [0.2, 0.25) is 0 Å². The molecule has 0 N–H and O–H groups in total. The van der Waals surface area contributed by atoms with Crippen LogP contribution < -0.4 is 5.19 Å². The molecule has 1 aromatic rings. The Hall–Kier alpha value is -1.35. The van der Waals surface area contributed by atoms with Crippen LogP contribution in [0.1, 0.15) is 6.92 Å². The van der Waals surface area contributed by atoms with Crippen LogP contribution in [0.2, 0.25) is 18.6 Å². The molecule has 3 heteroatoms. The number of hydrogen-bond acceptors (Lipinski definition) is 2. The number of carbonyl (C=O) groups excluding carboxylic acids is 1. The van der Waals surface area contributed by atoms with Crippen LogP contribution in [0.4, 0.5) is 0 Å². The molecule has 0 aromatic heterocycles. The van der Waals surface area contributed by atoms with Gasteiger partial charge in [-0.25, -0.2) is 0 Å². The number of ether oxygens (including phenoxy) is 1. The number of hydrogen-bond donors (Lipinski definition) is 0. The molecule has 0 radical (unpaired) electrons. The number of benzene rings is 1. The SMILES string of the molecule is C/C=C/[C@H](C(=O)OC)[Si](C)(C)c1ccccc1. The molecule has 0 aliphatic carbocycles. The summed E-state index contributed by atoms with van der Waals surface area (Å²) in [5, 5.41) is 1.27. The zero-order valence-corrected chi connectivity index (χ0v) is 11.9. The van der Waals surface area contributed by atoms with Crippen molar-refractivity contribution in [2.45, 2.75) is 25.6 Å². The zero-order valence-electron chi connectivity index (χ0n) is 10.9. The average molecular weight is 248 g/mol. The first-order valence-corrected chi connectivity index (χ1v) is 8.88. The predicted molar refractivity (Wildman–Crippen MR) is 74.1 cm³/mol. The van der Waals surface area contributed by atoms with E-state index in [1.165, 1.54) is 12.3 Å². The van der Waals surface area contributed by atoms with Gasteiger partial charge in [-0.1, -0.05) is 60.8 Å². The minimum Gasteiger partial charge on any atom is -0.469 e. The summed E-state index contributed by atoms with van der Waals surface area (Å²) in [6, 6.07) is 10.2. The van der Waals surface area contributed by atoms with Crippen LogP contribution in [0, 0.1) is 0 Å². The van der Waals surface area contributed by atoms with E-state index in [4.69, 9.17) is 4.74 Å². The van der Waals surface area contributed by atoms with Gasteiger partial charge in [-0.05, 0) is 6.92 Å². The predicted octanol–water partition coefficient (Wildman–Crippen LogP) is 2.72. The molecule has 1 atom stereocenters. The number of allylic oxidation sites excluding steroid dienone is 1. The highest BCUT2D eigenvalue weighted by molar-refractivity contribution is 6.93. The summed E-state index contributed by atoms with van der Waals surface area (Å²) in [6.07, 6.45) is 3.89. The maximum atomic E-state index is 11.9. The Morgan fingerprint density at radius 3 is 2.35 bits per heavy atom. The lowest BCUT2D eigenvalue weighted by Gasteiger charge is -2.28. The van der Waals surface area contributed by atoms with Gasteiger partial charge in [-0.15, -0.1) is 0 Å². The molecule has 2 nitrogen and oxygen atoms in total. The van der Waals surface area contributed by atoms with Crippen LogP contribution >= 0.6 is 0 Å². The Labute approximate surface area is 104 Å². The van der Waals surface area contributed by atoms with Gasteiger partial charge in [-0.2, -0.15) is 0 Å². The molecule has 0 saturated heterocycles. The third kappa shape index (κ3) is 3.06. The Morgan fingerprint density at radius 2 is 1.88 bits per heavy atom. The van der Waals surface area contributed by atoms with Crippen molar-refractivity contribution in [1.29, 1.82) is 0 Å². The highest BCUT2D eigenvalue weighted by atomic mass is 28.3.